The summed E-state index contributed by atoms with van der Waals surface area (Å²) in [5.74, 6) is 0.584. The minimum atomic E-state index is -0.209. The fourth-order valence-corrected chi connectivity index (χ4v) is 3.82. The molecule has 18 heavy (non-hydrogen) atoms. The number of aromatic nitrogens is 1. The molecule has 1 aliphatic heterocycles. The Balaban J connectivity index is 2.05. The van der Waals surface area contributed by atoms with E-state index in [0.717, 1.165) is 41.7 Å². The van der Waals surface area contributed by atoms with Crippen molar-refractivity contribution >= 4 is 39.3 Å². The van der Waals surface area contributed by atoms with Gasteiger partial charge in [-0.05, 0) is 35.2 Å². The second-order valence-corrected chi connectivity index (χ2v) is 6.35. The largest absolute Gasteiger partial charge is 0.369 e. The van der Waals surface area contributed by atoms with Crippen LogP contribution in [0.15, 0.2) is 10.7 Å². The van der Waals surface area contributed by atoms with Gasteiger partial charge in [0.2, 0.25) is 5.91 Å². The van der Waals surface area contributed by atoms with Crippen LogP contribution < -0.4 is 11.1 Å². The highest BCUT2D eigenvalue weighted by Crippen LogP contribution is 2.52. The number of carbonyl (C=O) groups is 1. The van der Waals surface area contributed by atoms with Crippen molar-refractivity contribution in [3.63, 3.8) is 0 Å². The molecule has 96 valence electrons. The summed E-state index contributed by atoms with van der Waals surface area (Å²) >= 11 is 9.80. The molecule has 1 spiro atoms. The lowest BCUT2D eigenvalue weighted by atomic mass is 9.80. The van der Waals surface area contributed by atoms with Gasteiger partial charge < -0.3 is 11.1 Å². The zero-order valence-corrected chi connectivity index (χ0v) is 12.0. The third-order valence-electron chi connectivity index (χ3n) is 4.11. The van der Waals surface area contributed by atoms with Crippen LogP contribution in [0.1, 0.15) is 24.8 Å². The highest BCUT2D eigenvalue weighted by molar-refractivity contribution is 9.10. The van der Waals surface area contributed by atoms with Crippen LogP contribution in [0, 0.1) is 5.92 Å². The van der Waals surface area contributed by atoms with E-state index < -0.39 is 0 Å². The van der Waals surface area contributed by atoms with Gasteiger partial charge in [0.25, 0.3) is 0 Å². The van der Waals surface area contributed by atoms with Gasteiger partial charge in [0.1, 0.15) is 5.82 Å². The third-order valence-corrected chi connectivity index (χ3v) is 5.33. The van der Waals surface area contributed by atoms with Crippen LogP contribution in [0.5, 0.6) is 0 Å². The highest BCUT2D eigenvalue weighted by atomic mass is 79.9. The summed E-state index contributed by atoms with van der Waals surface area (Å²) in [6, 6.07) is 0. The molecule has 2 unspecified atom stereocenters. The lowest BCUT2D eigenvalue weighted by Crippen LogP contribution is -2.28. The van der Waals surface area contributed by atoms with Crippen LogP contribution in [-0.4, -0.2) is 17.4 Å². The van der Waals surface area contributed by atoms with Gasteiger partial charge >= 0.3 is 0 Å². The molecule has 0 aromatic carbocycles. The molecule has 0 bridgehead atoms. The van der Waals surface area contributed by atoms with Gasteiger partial charge in [-0.25, -0.2) is 4.98 Å². The maximum absolute atomic E-state index is 11.3. The molecule has 6 heteroatoms. The number of nitrogens with two attached hydrogens (primary N) is 1. The van der Waals surface area contributed by atoms with Crippen LogP contribution >= 0.6 is 27.5 Å². The molecule has 0 saturated heterocycles. The van der Waals surface area contributed by atoms with Crippen molar-refractivity contribution in [3.05, 3.63) is 21.3 Å². The molecule has 1 amide bonds. The minimum Gasteiger partial charge on any atom is -0.369 e. The number of pyridine rings is 1. The molecule has 2 atom stereocenters. The summed E-state index contributed by atoms with van der Waals surface area (Å²) in [4.78, 5) is 15.7. The number of fused-ring (bicyclic) bond motifs is 2. The van der Waals surface area contributed by atoms with Crippen molar-refractivity contribution in [2.24, 2.45) is 11.7 Å². The molecule has 4 nitrogen and oxygen atoms in total. The maximum atomic E-state index is 11.3. The number of nitrogens with zero attached hydrogens (tertiary/aromatic N) is 1. The smallest absolute Gasteiger partial charge is 0.220 e. The number of nitrogens with one attached hydrogen (secondary N) is 1. The number of halogens is 2. The van der Waals surface area contributed by atoms with Crippen molar-refractivity contribution in [1.82, 2.24) is 4.98 Å². The topological polar surface area (TPSA) is 68.0 Å². The monoisotopic (exact) mass is 329 g/mol. The SMILES string of the molecule is NC(=O)C1CCC2(CNc3ncc(Br)c(Cl)c32)C1. The van der Waals surface area contributed by atoms with Gasteiger partial charge in [-0.2, -0.15) is 0 Å². The molecule has 1 aliphatic carbocycles. The molecule has 0 radical (unpaired) electrons. The van der Waals surface area contributed by atoms with E-state index in [0.29, 0.717) is 5.02 Å². The lowest BCUT2D eigenvalue weighted by molar-refractivity contribution is -0.121. The number of primary amides is 1. The van der Waals surface area contributed by atoms with Crippen LogP contribution in [-0.2, 0) is 10.2 Å². The van der Waals surface area contributed by atoms with E-state index >= 15 is 0 Å². The average Bonchev–Trinajstić information content (AvgIpc) is 2.91. The fourth-order valence-electron chi connectivity index (χ4n) is 3.18. The summed E-state index contributed by atoms with van der Waals surface area (Å²) in [5, 5.41) is 4.00. The predicted octanol–water partition coefficient (Wildman–Crippen LogP) is 2.45. The van der Waals surface area contributed by atoms with E-state index in [9.17, 15) is 4.79 Å². The van der Waals surface area contributed by atoms with Crippen LogP contribution in [0.2, 0.25) is 5.02 Å². The molecule has 3 N–H and O–H groups in total. The van der Waals surface area contributed by atoms with Gasteiger partial charge in [-0.1, -0.05) is 11.6 Å². The predicted molar refractivity (Wildman–Crippen MR) is 73.7 cm³/mol. The molecule has 3 rings (SSSR count). The Morgan fingerprint density at radius 2 is 2.44 bits per heavy atom. The number of carbonyl (C=O) groups excluding carboxylic acids is 1. The van der Waals surface area contributed by atoms with Crippen LogP contribution in [0.25, 0.3) is 0 Å². The Hall–Kier alpha value is -0.810. The standard InChI is InChI=1S/C12H13BrClN3O/c13-7-4-16-11-8(9(7)14)12(5-17-11)2-1-6(3-12)10(15)18/h4,6H,1-3,5H2,(H2,15,18)(H,16,17). The first kappa shape index (κ1) is 12.2. The summed E-state index contributed by atoms with van der Waals surface area (Å²) in [5.41, 5.74) is 6.38. The lowest BCUT2D eigenvalue weighted by Gasteiger charge is -2.24. The Labute approximate surface area is 118 Å². The molecule has 1 aromatic rings. The van der Waals surface area contributed by atoms with Gasteiger partial charge in [0, 0.05) is 29.6 Å². The van der Waals surface area contributed by atoms with Crippen LogP contribution in [0.3, 0.4) is 0 Å². The quantitative estimate of drug-likeness (QED) is 0.831. The first-order chi connectivity index (χ1) is 8.53. The van der Waals surface area contributed by atoms with E-state index in [1.807, 2.05) is 0 Å². The van der Waals surface area contributed by atoms with E-state index in [1.54, 1.807) is 6.20 Å². The van der Waals surface area contributed by atoms with Crippen LogP contribution in [0.4, 0.5) is 5.82 Å². The van der Waals surface area contributed by atoms with E-state index in [-0.39, 0.29) is 17.2 Å². The number of hydrogen-bond donors (Lipinski definition) is 2. The van der Waals surface area contributed by atoms with Crippen molar-refractivity contribution < 1.29 is 4.79 Å². The van der Waals surface area contributed by atoms with Gasteiger partial charge in [-0.3, -0.25) is 4.79 Å². The summed E-state index contributed by atoms with van der Waals surface area (Å²) in [6.45, 7) is 0.787. The zero-order chi connectivity index (χ0) is 12.9. The third kappa shape index (κ3) is 1.64. The Bertz CT molecular complexity index is 536. The molecule has 1 saturated carbocycles. The minimum absolute atomic E-state index is 0.0483. The van der Waals surface area contributed by atoms with Gasteiger partial charge in [-0.15, -0.1) is 0 Å². The molecular weight excluding hydrogens is 318 g/mol. The number of amides is 1. The second kappa shape index (κ2) is 4.10. The number of rotatable bonds is 1. The van der Waals surface area contributed by atoms with Crippen molar-refractivity contribution in [2.75, 3.05) is 11.9 Å². The molecule has 2 heterocycles. The Morgan fingerprint density at radius 3 is 3.11 bits per heavy atom. The second-order valence-electron chi connectivity index (χ2n) is 5.12. The zero-order valence-electron chi connectivity index (χ0n) is 9.67. The van der Waals surface area contributed by atoms with E-state index in [1.165, 1.54) is 0 Å². The Morgan fingerprint density at radius 1 is 1.67 bits per heavy atom. The molecule has 2 aliphatic rings. The summed E-state index contributed by atoms with van der Waals surface area (Å²) in [7, 11) is 0. The van der Waals surface area contributed by atoms with E-state index in [4.69, 9.17) is 17.3 Å². The summed E-state index contributed by atoms with van der Waals surface area (Å²) in [6.07, 6.45) is 4.23. The molecular formula is C12H13BrClN3O. The number of anilines is 1. The maximum Gasteiger partial charge on any atom is 0.220 e. The first-order valence-electron chi connectivity index (χ1n) is 5.91. The average molecular weight is 331 g/mol. The first-order valence-corrected chi connectivity index (χ1v) is 7.08. The molecule has 1 fully saturated rings. The van der Waals surface area contributed by atoms with Crippen molar-refractivity contribution in [3.8, 4) is 0 Å². The van der Waals surface area contributed by atoms with Gasteiger partial charge in [0.05, 0.1) is 9.50 Å². The fraction of sp³-hybridized carbons (Fsp3) is 0.500. The normalized spacial score (nSPS) is 29.3. The molecule has 1 aromatic heterocycles. The summed E-state index contributed by atoms with van der Waals surface area (Å²) < 4.78 is 0.800. The number of hydrogen-bond acceptors (Lipinski definition) is 3. The van der Waals surface area contributed by atoms with E-state index in [2.05, 4.69) is 26.2 Å². The van der Waals surface area contributed by atoms with Crippen molar-refractivity contribution in [2.45, 2.75) is 24.7 Å². The van der Waals surface area contributed by atoms with Crippen molar-refractivity contribution in [1.29, 1.82) is 0 Å². The Kier molecular flexibility index (Phi) is 2.79. The highest BCUT2D eigenvalue weighted by Gasteiger charge is 2.48. The van der Waals surface area contributed by atoms with Gasteiger partial charge in [0.15, 0.2) is 0 Å².